The quantitative estimate of drug-likeness (QED) is 0.931. The summed E-state index contributed by atoms with van der Waals surface area (Å²) in [6, 6.07) is 2.09. The van der Waals surface area contributed by atoms with E-state index in [0.717, 1.165) is 30.5 Å². The minimum Gasteiger partial charge on any atom is -0.378 e. The molecule has 1 aliphatic heterocycles. The summed E-state index contributed by atoms with van der Waals surface area (Å²) in [6.07, 6.45) is 3.94. The van der Waals surface area contributed by atoms with Gasteiger partial charge in [-0.1, -0.05) is 0 Å². The highest BCUT2D eigenvalue weighted by Crippen LogP contribution is 2.17. The van der Waals surface area contributed by atoms with Crippen LogP contribution in [0, 0.1) is 0 Å². The molecule has 1 N–H and O–H groups in total. The molecule has 0 saturated carbocycles. The van der Waals surface area contributed by atoms with Gasteiger partial charge in [-0.25, -0.2) is 0 Å². The summed E-state index contributed by atoms with van der Waals surface area (Å²) >= 11 is 3.41. The second-order valence-electron chi connectivity index (χ2n) is 4.71. The Bertz CT molecular complexity index is 431. The van der Waals surface area contributed by atoms with Gasteiger partial charge < -0.3 is 14.6 Å². The summed E-state index contributed by atoms with van der Waals surface area (Å²) < 4.78 is 8.37. The highest BCUT2D eigenvalue weighted by atomic mass is 79.9. The van der Waals surface area contributed by atoms with E-state index >= 15 is 0 Å². The van der Waals surface area contributed by atoms with Crippen molar-refractivity contribution in [1.82, 2.24) is 9.88 Å². The molecule has 2 rings (SSSR count). The monoisotopic (exact) mass is 314 g/mol. The summed E-state index contributed by atoms with van der Waals surface area (Å²) in [7, 11) is 0. The molecule has 2 heterocycles. The molecule has 1 amide bonds. The van der Waals surface area contributed by atoms with Crippen molar-refractivity contribution in [1.29, 1.82) is 0 Å². The molecule has 5 heteroatoms. The first kappa shape index (κ1) is 13.6. The molecular weight excluding hydrogens is 296 g/mol. The largest absolute Gasteiger partial charge is 0.378 e. The minimum atomic E-state index is 0.00153. The molecule has 2 unspecified atom stereocenters. The number of amides is 1. The van der Waals surface area contributed by atoms with Gasteiger partial charge in [0.1, 0.15) is 5.69 Å². The molecule has 2 atom stereocenters. The van der Waals surface area contributed by atoms with Crippen molar-refractivity contribution in [3.05, 3.63) is 22.4 Å². The van der Waals surface area contributed by atoms with E-state index in [2.05, 4.69) is 21.2 Å². The van der Waals surface area contributed by atoms with Gasteiger partial charge in [-0.05, 0) is 48.7 Å². The molecule has 0 radical (unpaired) electrons. The third-order valence-corrected chi connectivity index (χ3v) is 3.69. The number of aromatic nitrogens is 1. The second-order valence-corrected chi connectivity index (χ2v) is 5.62. The Morgan fingerprint density at radius 1 is 1.67 bits per heavy atom. The van der Waals surface area contributed by atoms with Crippen LogP contribution in [0.5, 0.6) is 0 Å². The number of carbonyl (C=O) groups excluding carboxylic acids is 1. The number of rotatable bonds is 3. The fraction of sp³-hybridized carbons (Fsp3) is 0.615. The van der Waals surface area contributed by atoms with E-state index in [4.69, 9.17) is 4.74 Å². The molecule has 18 heavy (non-hydrogen) atoms. The lowest BCUT2D eigenvalue weighted by atomic mass is 10.0. The van der Waals surface area contributed by atoms with Crippen molar-refractivity contribution in [3.63, 3.8) is 0 Å². The Kier molecular flexibility index (Phi) is 4.45. The molecule has 1 fully saturated rings. The van der Waals surface area contributed by atoms with Crippen LogP contribution in [0.4, 0.5) is 0 Å². The Morgan fingerprint density at radius 2 is 2.44 bits per heavy atom. The number of ether oxygens (including phenoxy) is 1. The van der Waals surface area contributed by atoms with Crippen LogP contribution in [0.25, 0.3) is 0 Å². The number of carbonyl (C=O) groups is 1. The van der Waals surface area contributed by atoms with Crippen LogP contribution >= 0.6 is 15.9 Å². The van der Waals surface area contributed by atoms with Gasteiger partial charge in [0.25, 0.3) is 5.91 Å². The van der Waals surface area contributed by atoms with Crippen molar-refractivity contribution in [2.45, 2.75) is 45.4 Å². The predicted molar refractivity (Wildman–Crippen MR) is 73.7 cm³/mol. The van der Waals surface area contributed by atoms with Gasteiger partial charge in [0.2, 0.25) is 0 Å². The number of aryl methyl sites for hydroxylation is 1. The highest BCUT2D eigenvalue weighted by molar-refractivity contribution is 9.10. The van der Waals surface area contributed by atoms with Gasteiger partial charge in [0.15, 0.2) is 0 Å². The van der Waals surface area contributed by atoms with Crippen LogP contribution in [0.3, 0.4) is 0 Å². The van der Waals surface area contributed by atoms with Crippen LogP contribution in [0.15, 0.2) is 16.7 Å². The zero-order chi connectivity index (χ0) is 13.1. The number of hydrogen-bond donors (Lipinski definition) is 1. The average molecular weight is 315 g/mol. The zero-order valence-electron chi connectivity index (χ0n) is 10.8. The van der Waals surface area contributed by atoms with Crippen LogP contribution in [-0.4, -0.2) is 29.2 Å². The van der Waals surface area contributed by atoms with Crippen LogP contribution in [-0.2, 0) is 11.3 Å². The standard InChI is InChI=1S/C13H19BrN2O2/c1-3-16-8-10(14)7-12(16)13(17)15-11-4-5-18-9(2)6-11/h7-9,11H,3-6H2,1-2H3,(H,15,17). The van der Waals surface area contributed by atoms with Crippen molar-refractivity contribution < 1.29 is 9.53 Å². The Hall–Kier alpha value is -0.810. The number of nitrogens with zero attached hydrogens (tertiary/aromatic N) is 1. The molecule has 0 spiro atoms. The topological polar surface area (TPSA) is 43.3 Å². The molecule has 0 aromatic carbocycles. The van der Waals surface area contributed by atoms with Crippen LogP contribution in [0.1, 0.15) is 37.2 Å². The van der Waals surface area contributed by atoms with E-state index in [1.165, 1.54) is 0 Å². The van der Waals surface area contributed by atoms with Crippen LogP contribution < -0.4 is 5.32 Å². The van der Waals surface area contributed by atoms with Gasteiger partial charge in [-0.3, -0.25) is 4.79 Å². The third-order valence-electron chi connectivity index (χ3n) is 3.26. The van der Waals surface area contributed by atoms with E-state index in [1.54, 1.807) is 0 Å². The summed E-state index contributed by atoms with van der Waals surface area (Å²) in [6.45, 7) is 5.59. The number of hydrogen-bond acceptors (Lipinski definition) is 2. The first-order chi connectivity index (χ1) is 8.60. The number of nitrogens with one attached hydrogen (secondary N) is 1. The van der Waals surface area contributed by atoms with Gasteiger partial charge in [0, 0.05) is 29.9 Å². The van der Waals surface area contributed by atoms with E-state index in [-0.39, 0.29) is 18.1 Å². The fourth-order valence-electron chi connectivity index (χ4n) is 2.32. The molecule has 100 valence electrons. The lowest BCUT2D eigenvalue weighted by Gasteiger charge is -2.28. The van der Waals surface area contributed by atoms with E-state index in [9.17, 15) is 4.79 Å². The molecule has 1 aromatic rings. The minimum absolute atomic E-state index is 0.00153. The Balaban J connectivity index is 2.02. The molecule has 1 aromatic heterocycles. The predicted octanol–water partition coefficient (Wildman–Crippen LogP) is 2.57. The van der Waals surface area contributed by atoms with E-state index in [0.29, 0.717) is 5.69 Å². The van der Waals surface area contributed by atoms with Gasteiger partial charge in [-0.2, -0.15) is 0 Å². The maximum Gasteiger partial charge on any atom is 0.268 e. The van der Waals surface area contributed by atoms with Gasteiger partial charge >= 0.3 is 0 Å². The first-order valence-electron chi connectivity index (χ1n) is 6.38. The molecule has 0 aliphatic carbocycles. The molecule has 1 aliphatic rings. The summed E-state index contributed by atoms with van der Waals surface area (Å²) in [4.78, 5) is 12.2. The lowest BCUT2D eigenvalue weighted by molar-refractivity contribution is 0.0136. The number of halogens is 1. The van der Waals surface area contributed by atoms with Crippen molar-refractivity contribution in [3.8, 4) is 0 Å². The highest BCUT2D eigenvalue weighted by Gasteiger charge is 2.22. The summed E-state index contributed by atoms with van der Waals surface area (Å²) in [5.41, 5.74) is 0.712. The Morgan fingerprint density at radius 3 is 3.11 bits per heavy atom. The molecular formula is C13H19BrN2O2. The maximum absolute atomic E-state index is 12.2. The molecule has 4 nitrogen and oxygen atoms in total. The first-order valence-corrected chi connectivity index (χ1v) is 7.17. The molecule has 0 bridgehead atoms. The smallest absolute Gasteiger partial charge is 0.268 e. The maximum atomic E-state index is 12.2. The lowest BCUT2D eigenvalue weighted by Crippen LogP contribution is -2.41. The van der Waals surface area contributed by atoms with Gasteiger partial charge in [0.05, 0.1) is 6.10 Å². The van der Waals surface area contributed by atoms with Crippen molar-refractivity contribution >= 4 is 21.8 Å². The summed E-state index contributed by atoms with van der Waals surface area (Å²) in [5, 5.41) is 3.09. The summed E-state index contributed by atoms with van der Waals surface area (Å²) in [5.74, 6) is 0.00153. The SMILES string of the molecule is CCn1cc(Br)cc1C(=O)NC1CCOC(C)C1. The second kappa shape index (κ2) is 5.89. The Labute approximate surface area is 116 Å². The van der Waals surface area contributed by atoms with Crippen molar-refractivity contribution in [2.75, 3.05) is 6.61 Å². The normalized spacial score (nSPS) is 23.9. The average Bonchev–Trinajstić information content (AvgIpc) is 2.70. The third kappa shape index (κ3) is 3.14. The van der Waals surface area contributed by atoms with E-state index < -0.39 is 0 Å². The fourth-order valence-corrected chi connectivity index (χ4v) is 2.78. The van der Waals surface area contributed by atoms with Crippen molar-refractivity contribution in [2.24, 2.45) is 0 Å². The zero-order valence-corrected chi connectivity index (χ0v) is 12.4. The van der Waals surface area contributed by atoms with Crippen LogP contribution in [0.2, 0.25) is 0 Å². The van der Waals surface area contributed by atoms with E-state index in [1.807, 2.05) is 30.7 Å². The molecule has 1 saturated heterocycles. The van der Waals surface area contributed by atoms with Gasteiger partial charge in [-0.15, -0.1) is 0 Å².